The third kappa shape index (κ3) is 5.30. The van der Waals surface area contributed by atoms with Crippen molar-refractivity contribution in [3.05, 3.63) is 33.9 Å². The number of sulfonamides is 1. The molecule has 122 valence electrons. The van der Waals surface area contributed by atoms with Crippen molar-refractivity contribution < 1.29 is 23.2 Å². The van der Waals surface area contributed by atoms with Crippen molar-refractivity contribution in [3.63, 3.8) is 0 Å². The van der Waals surface area contributed by atoms with Crippen molar-refractivity contribution in [2.75, 3.05) is 12.8 Å². The van der Waals surface area contributed by atoms with Crippen molar-refractivity contribution in [1.82, 2.24) is 10.0 Å². The molecule has 0 aromatic heterocycles. The van der Waals surface area contributed by atoms with Crippen LogP contribution in [0, 0.1) is 10.1 Å². The zero-order chi connectivity index (χ0) is 17.1. The molecule has 0 heterocycles. The van der Waals surface area contributed by atoms with Crippen LogP contribution < -0.4 is 10.0 Å². The van der Waals surface area contributed by atoms with Crippen LogP contribution in [0.25, 0.3) is 0 Å². The average Bonchev–Trinajstić information content (AvgIpc) is 2.32. The van der Waals surface area contributed by atoms with Crippen molar-refractivity contribution in [3.8, 4) is 5.75 Å². The molecule has 0 aliphatic carbocycles. The molecule has 1 aromatic carbocycles. The van der Waals surface area contributed by atoms with Crippen LogP contribution in [0.2, 0.25) is 0 Å². The van der Waals surface area contributed by atoms with Gasteiger partial charge < -0.3 is 10.4 Å². The first-order chi connectivity index (χ1) is 9.91. The molecule has 0 radical (unpaired) electrons. The highest BCUT2D eigenvalue weighted by Gasteiger charge is 2.23. The maximum atomic E-state index is 11.9. The molecule has 10 heteroatoms. The molecule has 0 bridgehead atoms. The van der Waals surface area contributed by atoms with Crippen LogP contribution in [-0.4, -0.2) is 42.7 Å². The van der Waals surface area contributed by atoms with Gasteiger partial charge in [0.2, 0.25) is 10.0 Å². The van der Waals surface area contributed by atoms with Crippen molar-refractivity contribution in [2.24, 2.45) is 0 Å². The van der Waals surface area contributed by atoms with E-state index < -0.39 is 37.8 Å². The van der Waals surface area contributed by atoms with E-state index in [0.29, 0.717) is 0 Å². The molecule has 1 rings (SSSR count). The van der Waals surface area contributed by atoms with E-state index in [9.17, 15) is 28.4 Å². The quantitative estimate of drug-likeness (QED) is 0.508. The number of benzene rings is 1. The largest absolute Gasteiger partial charge is 0.502 e. The monoisotopic (exact) mass is 331 g/mol. The van der Waals surface area contributed by atoms with Crippen LogP contribution in [0.3, 0.4) is 0 Å². The van der Waals surface area contributed by atoms with Gasteiger partial charge in [0.05, 0.1) is 11.2 Å². The minimum Gasteiger partial charge on any atom is -0.502 e. The topological polar surface area (TPSA) is 139 Å². The maximum absolute atomic E-state index is 11.9. The fraction of sp³-hybridized carbons (Fsp3) is 0.417. The molecular weight excluding hydrogens is 314 g/mol. The van der Waals surface area contributed by atoms with E-state index >= 15 is 0 Å². The van der Waals surface area contributed by atoms with Gasteiger partial charge in [0.25, 0.3) is 5.91 Å². The zero-order valence-electron chi connectivity index (χ0n) is 12.3. The van der Waals surface area contributed by atoms with Gasteiger partial charge in [-0.3, -0.25) is 14.9 Å². The van der Waals surface area contributed by atoms with Crippen LogP contribution >= 0.6 is 0 Å². The molecule has 0 saturated carbocycles. The summed E-state index contributed by atoms with van der Waals surface area (Å²) in [5, 5.41) is 22.5. The molecule has 3 N–H and O–H groups in total. The molecule has 0 aliphatic heterocycles. The van der Waals surface area contributed by atoms with Gasteiger partial charge in [0.15, 0.2) is 5.75 Å². The highest BCUT2D eigenvalue weighted by atomic mass is 32.2. The Morgan fingerprint density at radius 1 is 1.41 bits per heavy atom. The van der Waals surface area contributed by atoms with E-state index in [1.807, 2.05) is 0 Å². The first kappa shape index (κ1) is 17.9. The fourth-order valence-electron chi connectivity index (χ4n) is 1.76. The van der Waals surface area contributed by atoms with Gasteiger partial charge >= 0.3 is 5.69 Å². The molecule has 1 aromatic rings. The minimum absolute atomic E-state index is 0.00332. The predicted molar refractivity (Wildman–Crippen MR) is 79.2 cm³/mol. The number of carbonyl (C=O) groups is 1. The van der Waals surface area contributed by atoms with E-state index in [1.165, 1.54) is 6.07 Å². The van der Waals surface area contributed by atoms with Crippen LogP contribution in [0.15, 0.2) is 18.2 Å². The molecule has 0 atom stereocenters. The number of hydrogen-bond donors (Lipinski definition) is 3. The van der Waals surface area contributed by atoms with Gasteiger partial charge in [0.1, 0.15) is 0 Å². The Hall–Kier alpha value is -2.20. The number of carbonyl (C=O) groups excluding carboxylic acids is 1. The standard InChI is InChI=1S/C12H17N3O6S/c1-12(2,14-22(3,20)21)7-13-11(17)8-4-5-9(15(18)19)10(16)6-8/h4-6,14,16H,7H2,1-3H3,(H,13,17). The van der Waals surface area contributed by atoms with Crippen molar-refractivity contribution in [1.29, 1.82) is 0 Å². The van der Waals surface area contributed by atoms with Gasteiger partial charge in [-0.15, -0.1) is 0 Å². The predicted octanol–water partition coefficient (Wildman–Crippen LogP) is 0.358. The van der Waals surface area contributed by atoms with Gasteiger partial charge in [-0.2, -0.15) is 0 Å². The van der Waals surface area contributed by atoms with Gasteiger partial charge in [-0.05, 0) is 26.0 Å². The molecule has 9 nitrogen and oxygen atoms in total. The number of nitro groups is 1. The molecule has 0 spiro atoms. The SMILES string of the molecule is CC(C)(CNC(=O)c1ccc([N+](=O)[O-])c(O)c1)NS(C)(=O)=O. The normalized spacial score (nSPS) is 12.0. The Balaban J connectivity index is 2.78. The Labute approximate surface area is 127 Å². The molecule has 0 saturated heterocycles. The highest BCUT2D eigenvalue weighted by molar-refractivity contribution is 7.88. The second-order valence-electron chi connectivity index (χ2n) is 5.40. The number of nitro benzene ring substituents is 1. The summed E-state index contributed by atoms with van der Waals surface area (Å²) in [7, 11) is -3.43. The second-order valence-corrected chi connectivity index (χ2v) is 7.15. The van der Waals surface area contributed by atoms with Crippen molar-refractivity contribution >= 4 is 21.6 Å². The Bertz CT molecular complexity index is 699. The van der Waals surface area contributed by atoms with Crippen LogP contribution in [-0.2, 0) is 10.0 Å². The van der Waals surface area contributed by atoms with E-state index in [1.54, 1.807) is 13.8 Å². The number of hydrogen-bond acceptors (Lipinski definition) is 6. The van der Waals surface area contributed by atoms with Gasteiger partial charge in [-0.1, -0.05) is 0 Å². The average molecular weight is 331 g/mol. The van der Waals surface area contributed by atoms with E-state index in [4.69, 9.17) is 0 Å². The van der Waals surface area contributed by atoms with Gasteiger partial charge in [0, 0.05) is 23.7 Å². The lowest BCUT2D eigenvalue weighted by Gasteiger charge is -2.25. The van der Waals surface area contributed by atoms with Crippen LogP contribution in [0.4, 0.5) is 5.69 Å². The number of phenols is 1. The molecule has 0 aliphatic rings. The summed E-state index contributed by atoms with van der Waals surface area (Å²) in [6.45, 7) is 3.17. The maximum Gasteiger partial charge on any atom is 0.310 e. The molecule has 0 unspecified atom stereocenters. The summed E-state index contributed by atoms with van der Waals surface area (Å²) >= 11 is 0. The molecule has 22 heavy (non-hydrogen) atoms. The third-order valence-electron chi connectivity index (χ3n) is 2.59. The summed E-state index contributed by atoms with van der Waals surface area (Å²) in [6.07, 6.45) is 1.00. The summed E-state index contributed by atoms with van der Waals surface area (Å²) in [5.41, 5.74) is -1.39. The van der Waals surface area contributed by atoms with E-state index in [-0.39, 0.29) is 12.1 Å². The van der Waals surface area contributed by atoms with E-state index in [2.05, 4.69) is 10.0 Å². The summed E-state index contributed by atoms with van der Waals surface area (Å²) in [5.74, 6) is -1.21. The lowest BCUT2D eigenvalue weighted by atomic mass is 10.1. The van der Waals surface area contributed by atoms with Gasteiger partial charge in [-0.25, -0.2) is 13.1 Å². The smallest absolute Gasteiger partial charge is 0.310 e. The number of phenolic OH excluding ortho intramolecular Hbond substituents is 1. The number of nitrogens with zero attached hydrogens (tertiary/aromatic N) is 1. The lowest BCUT2D eigenvalue weighted by molar-refractivity contribution is -0.385. The molecule has 0 fully saturated rings. The Morgan fingerprint density at radius 2 is 2.00 bits per heavy atom. The number of amides is 1. The molecule has 1 amide bonds. The lowest BCUT2D eigenvalue weighted by Crippen LogP contribution is -2.51. The summed E-state index contributed by atoms with van der Waals surface area (Å²) in [4.78, 5) is 21.7. The number of aromatic hydroxyl groups is 1. The Morgan fingerprint density at radius 3 is 2.45 bits per heavy atom. The van der Waals surface area contributed by atoms with Crippen LogP contribution in [0.1, 0.15) is 24.2 Å². The highest BCUT2D eigenvalue weighted by Crippen LogP contribution is 2.26. The van der Waals surface area contributed by atoms with E-state index in [0.717, 1.165) is 18.4 Å². The number of rotatable bonds is 6. The summed E-state index contributed by atoms with van der Waals surface area (Å²) in [6, 6.07) is 3.19. The minimum atomic E-state index is -3.43. The fourth-order valence-corrected chi connectivity index (χ4v) is 2.84. The first-order valence-corrected chi connectivity index (χ1v) is 8.05. The molecular formula is C12H17N3O6S. The number of nitrogens with one attached hydrogen (secondary N) is 2. The third-order valence-corrected chi connectivity index (χ3v) is 3.51. The zero-order valence-corrected chi connectivity index (χ0v) is 13.1. The first-order valence-electron chi connectivity index (χ1n) is 6.16. The second kappa shape index (κ2) is 6.28. The van der Waals surface area contributed by atoms with Crippen LogP contribution in [0.5, 0.6) is 5.75 Å². The Kier molecular flexibility index (Phi) is 5.09. The summed E-state index contributed by atoms with van der Waals surface area (Å²) < 4.78 is 24.7. The van der Waals surface area contributed by atoms with Crippen molar-refractivity contribution in [2.45, 2.75) is 19.4 Å².